The van der Waals surface area contributed by atoms with E-state index in [1.807, 2.05) is 12.1 Å². The van der Waals surface area contributed by atoms with Gasteiger partial charge in [-0.2, -0.15) is 0 Å². The maximum atomic E-state index is 14.1. The maximum absolute atomic E-state index is 14.1. The van der Waals surface area contributed by atoms with Crippen LogP contribution in [0.25, 0.3) is 16.7 Å². The SMILES string of the molecule is O=C(N[C@@H](Cc1ccc(-n2c(=O)n(C3CCOCC3)c3cccc(Cl)c32)cc1)C(=O)O)c1c(F)cccc1Cl. The van der Waals surface area contributed by atoms with Crippen LogP contribution >= 0.6 is 23.2 Å². The number of aromatic nitrogens is 2. The molecule has 8 nitrogen and oxygen atoms in total. The summed E-state index contributed by atoms with van der Waals surface area (Å²) in [7, 11) is 0. The van der Waals surface area contributed by atoms with E-state index in [9.17, 15) is 23.9 Å². The third kappa shape index (κ3) is 5.30. The normalized spacial score (nSPS) is 14.8. The van der Waals surface area contributed by atoms with Crippen LogP contribution in [0, 0.1) is 5.82 Å². The molecule has 0 spiro atoms. The number of carbonyl (C=O) groups excluding carboxylic acids is 1. The second kappa shape index (κ2) is 11.2. The Morgan fingerprint density at radius 1 is 1.03 bits per heavy atom. The molecule has 11 heteroatoms. The molecule has 0 saturated carbocycles. The number of halogens is 3. The minimum absolute atomic E-state index is 0.0179. The Labute approximate surface area is 232 Å². The molecule has 2 N–H and O–H groups in total. The van der Waals surface area contributed by atoms with E-state index in [-0.39, 0.29) is 23.2 Å². The molecule has 1 aliphatic rings. The number of carboxylic acids is 1. The van der Waals surface area contributed by atoms with Crippen LogP contribution in [0.3, 0.4) is 0 Å². The summed E-state index contributed by atoms with van der Waals surface area (Å²) in [5.74, 6) is -3.07. The first-order valence-electron chi connectivity index (χ1n) is 12.3. The van der Waals surface area contributed by atoms with E-state index in [0.29, 0.717) is 47.8 Å². The zero-order valence-corrected chi connectivity index (χ0v) is 22.1. The number of nitrogens with one attached hydrogen (secondary N) is 1. The Hall–Kier alpha value is -3.66. The summed E-state index contributed by atoms with van der Waals surface area (Å²) < 4.78 is 22.9. The van der Waals surface area contributed by atoms with Crippen molar-refractivity contribution < 1.29 is 23.8 Å². The van der Waals surface area contributed by atoms with Crippen LogP contribution in [0.4, 0.5) is 4.39 Å². The molecule has 0 unspecified atom stereocenters. The second-order valence-electron chi connectivity index (χ2n) is 9.27. The predicted octanol–water partition coefficient (Wildman–Crippen LogP) is 5.02. The van der Waals surface area contributed by atoms with Crippen molar-refractivity contribution in [1.29, 1.82) is 0 Å². The van der Waals surface area contributed by atoms with Gasteiger partial charge in [0.2, 0.25) is 0 Å². The summed E-state index contributed by atoms with van der Waals surface area (Å²) in [6, 6.07) is 14.6. The van der Waals surface area contributed by atoms with Gasteiger partial charge < -0.3 is 15.2 Å². The highest BCUT2D eigenvalue weighted by Crippen LogP contribution is 2.30. The molecular formula is C28H24Cl2FN3O5. The molecule has 2 heterocycles. The molecule has 0 aliphatic carbocycles. The van der Waals surface area contributed by atoms with E-state index < -0.39 is 29.3 Å². The molecule has 1 amide bonds. The number of amides is 1. The molecule has 1 fully saturated rings. The summed E-state index contributed by atoms with van der Waals surface area (Å²) in [4.78, 5) is 38.2. The summed E-state index contributed by atoms with van der Waals surface area (Å²) >= 11 is 12.5. The van der Waals surface area contributed by atoms with Crippen molar-refractivity contribution in [3.05, 3.63) is 98.1 Å². The number of ether oxygens (including phenoxy) is 1. The summed E-state index contributed by atoms with van der Waals surface area (Å²) in [5.41, 5.74) is 1.80. The monoisotopic (exact) mass is 571 g/mol. The van der Waals surface area contributed by atoms with Gasteiger partial charge in [-0.1, -0.05) is 47.5 Å². The quantitative estimate of drug-likeness (QED) is 0.324. The number of hydrogen-bond acceptors (Lipinski definition) is 4. The number of hydrogen-bond donors (Lipinski definition) is 2. The molecule has 0 bridgehead atoms. The number of imidazole rings is 1. The Kier molecular flexibility index (Phi) is 7.74. The molecule has 1 atom stereocenters. The van der Waals surface area contributed by atoms with Gasteiger partial charge in [0.15, 0.2) is 0 Å². The average Bonchev–Trinajstić information content (AvgIpc) is 3.22. The molecule has 1 aromatic heterocycles. The van der Waals surface area contributed by atoms with Crippen molar-refractivity contribution in [2.75, 3.05) is 13.2 Å². The largest absolute Gasteiger partial charge is 0.480 e. The van der Waals surface area contributed by atoms with Crippen molar-refractivity contribution in [1.82, 2.24) is 14.5 Å². The summed E-state index contributed by atoms with van der Waals surface area (Å²) in [5, 5.41) is 12.4. The molecule has 4 aromatic rings. The minimum Gasteiger partial charge on any atom is -0.480 e. The van der Waals surface area contributed by atoms with E-state index in [1.54, 1.807) is 39.5 Å². The van der Waals surface area contributed by atoms with Gasteiger partial charge in [-0.25, -0.2) is 14.0 Å². The van der Waals surface area contributed by atoms with Crippen molar-refractivity contribution in [2.45, 2.75) is 31.3 Å². The highest BCUT2D eigenvalue weighted by atomic mass is 35.5. The fourth-order valence-corrected chi connectivity index (χ4v) is 5.43. The molecule has 5 rings (SSSR count). The van der Waals surface area contributed by atoms with Gasteiger partial charge in [-0.3, -0.25) is 13.9 Å². The standard InChI is InChI=1S/C28H24Cl2FN3O5/c29-19-3-1-5-21(31)24(19)26(35)32-22(27(36)37)15-16-7-9-17(10-8-16)34-25-20(30)4-2-6-23(25)33(28(34)38)18-11-13-39-14-12-18/h1-10,18,22H,11-15H2,(H,32,35)(H,36,37)/t22-/m0/s1. The molecule has 1 aliphatic heterocycles. The molecule has 1 saturated heterocycles. The van der Waals surface area contributed by atoms with Gasteiger partial charge in [0, 0.05) is 25.7 Å². The third-order valence-corrected chi connectivity index (χ3v) is 7.45. The fraction of sp³-hybridized carbons (Fsp3) is 0.250. The summed E-state index contributed by atoms with van der Waals surface area (Å²) in [6.45, 7) is 1.15. The Balaban J connectivity index is 1.44. The van der Waals surface area contributed by atoms with Crippen LogP contribution in [0.15, 0.2) is 65.5 Å². The van der Waals surface area contributed by atoms with E-state index in [1.165, 1.54) is 12.1 Å². The number of rotatable bonds is 7. The first-order valence-corrected chi connectivity index (χ1v) is 13.1. The van der Waals surface area contributed by atoms with Crippen molar-refractivity contribution in [3.8, 4) is 5.69 Å². The minimum atomic E-state index is -1.34. The Morgan fingerprint density at radius 2 is 1.69 bits per heavy atom. The lowest BCUT2D eigenvalue weighted by Gasteiger charge is -2.23. The van der Waals surface area contributed by atoms with Gasteiger partial charge in [-0.15, -0.1) is 0 Å². The van der Waals surface area contributed by atoms with Crippen LogP contribution in [0.1, 0.15) is 34.8 Å². The Morgan fingerprint density at radius 3 is 2.36 bits per heavy atom. The lowest BCUT2D eigenvalue weighted by atomic mass is 10.0. The first kappa shape index (κ1) is 26.9. The third-order valence-electron chi connectivity index (χ3n) is 6.83. The van der Waals surface area contributed by atoms with Crippen LogP contribution in [0.2, 0.25) is 10.0 Å². The van der Waals surface area contributed by atoms with Crippen molar-refractivity contribution in [3.63, 3.8) is 0 Å². The fourth-order valence-electron chi connectivity index (χ4n) is 4.92. The molecule has 39 heavy (non-hydrogen) atoms. The lowest BCUT2D eigenvalue weighted by molar-refractivity contribution is -0.139. The van der Waals surface area contributed by atoms with Crippen molar-refractivity contribution in [2.24, 2.45) is 0 Å². The average molecular weight is 572 g/mol. The van der Waals surface area contributed by atoms with Gasteiger partial charge in [0.25, 0.3) is 5.91 Å². The zero-order chi connectivity index (χ0) is 27.7. The number of nitrogens with zero attached hydrogens (tertiary/aromatic N) is 2. The van der Waals surface area contributed by atoms with Crippen LogP contribution in [-0.2, 0) is 16.0 Å². The van der Waals surface area contributed by atoms with E-state index >= 15 is 0 Å². The van der Waals surface area contributed by atoms with Gasteiger partial charge in [0.05, 0.1) is 32.3 Å². The number of benzene rings is 3. The van der Waals surface area contributed by atoms with E-state index in [2.05, 4.69) is 5.32 Å². The predicted molar refractivity (Wildman–Crippen MR) is 146 cm³/mol. The highest BCUT2D eigenvalue weighted by molar-refractivity contribution is 6.35. The number of aliphatic carboxylic acids is 1. The van der Waals surface area contributed by atoms with Gasteiger partial charge in [0.1, 0.15) is 11.9 Å². The summed E-state index contributed by atoms with van der Waals surface area (Å²) in [6.07, 6.45) is 1.35. The van der Waals surface area contributed by atoms with Crippen molar-refractivity contribution >= 4 is 46.1 Å². The van der Waals surface area contributed by atoms with Crippen LogP contribution in [0.5, 0.6) is 0 Å². The number of carbonyl (C=O) groups is 2. The molecule has 3 aromatic carbocycles. The molecular weight excluding hydrogens is 548 g/mol. The molecule has 202 valence electrons. The second-order valence-corrected chi connectivity index (χ2v) is 10.1. The van der Waals surface area contributed by atoms with Crippen LogP contribution in [-0.4, -0.2) is 45.4 Å². The van der Waals surface area contributed by atoms with Crippen LogP contribution < -0.4 is 11.0 Å². The maximum Gasteiger partial charge on any atom is 0.334 e. The topological polar surface area (TPSA) is 103 Å². The van der Waals surface area contributed by atoms with E-state index in [4.69, 9.17) is 27.9 Å². The Bertz CT molecular complexity index is 1590. The smallest absolute Gasteiger partial charge is 0.334 e. The van der Waals surface area contributed by atoms with Gasteiger partial charge >= 0.3 is 11.7 Å². The lowest BCUT2D eigenvalue weighted by Crippen LogP contribution is -2.42. The number of para-hydroxylation sites is 1. The highest BCUT2D eigenvalue weighted by Gasteiger charge is 2.26. The van der Waals surface area contributed by atoms with Gasteiger partial charge in [-0.05, 0) is 54.8 Å². The number of carboxylic acid groups (broad SMARTS) is 1. The zero-order valence-electron chi connectivity index (χ0n) is 20.6. The number of fused-ring (bicyclic) bond motifs is 1. The first-order chi connectivity index (χ1) is 18.8. The van der Waals surface area contributed by atoms with E-state index in [0.717, 1.165) is 11.6 Å². The molecule has 0 radical (unpaired) electrons.